The molecule has 0 spiro atoms. The Bertz CT molecular complexity index is 591. The highest BCUT2D eigenvalue weighted by Gasteiger charge is 2.23. The fourth-order valence-corrected chi connectivity index (χ4v) is 2.40. The fraction of sp³-hybridized carbons (Fsp3) is 0.250. The lowest BCUT2D eigenvalue weighted by Gasteiger charge is -2.09. The van der Waals surface area contributed by atoms with E-state index in [2.05, 4.69) is 0 Å². The molecule has 4 nitrogen and oxygen atoms in total. The quantitative estimate of drug-likeness (QED) is 0.462. The van der Waals surface area contributed by atoms with E-state index in [1.807, 2.05) is 64.1 Å². The summed E-state index contributed by atoms with van der Waals surface area (Å²) >= 11 is 0. The Balaban J connectivity index is 2.69. The zero-order chi connectivity index (χ0) is 14.9. The van der Waals surface area contributed by atoms with E-state index >= 15 is 0 Å². The van der Waals surface area contributed by atoms with Gasteiger partial charge in [-0.05, 0) is 27.7 Å². The summed E-state index contributed by atoms with van der Waals surface area (Å²) in [5.74, 6) is 0. The molecule has 0 aliphatic carbocycles. The standard InChI is InChI=1S/C16H18N2O2/c1-11-7-5-8-12(2)15(11)17(19)18(20)16-13(3)9-6-10-14(16)4/h5-10H,1-4H3/b18-17-. The maximum Gasteiger partial charge on any atom is 0.293 e. The number of azo groups is 1. The molecule has 0 atom stereocenters. The molecule has 0 aliphatic rings. The van der Waals surface area contributed by atoms with E-state index in [9.17, 15) is 10.4 Å². The van der Waals surface area contributed by atoms with Crippen molar-refractivity contribution < 1.29 is 9.72 Å². The number of hydrogen-bond acceptors (Lipinski definition) is 2. The lowest BCUT2D eigenvalue weighted by molar-refractivity contribution is -0.897. The molecule has 104 valence electrons. The van der Waals surface area contributed by atoms with Crippen LogP contribution in [-0.2, 0) is 0 Å². The van der Waals surface area contributed by atoms with Crippen LogP contribution in [0.2, 0.25) is 0 Å². The largest absolute Gasteiger partial charge is 0.561 e. The second-order valence-electron chi connectivity index (χ2n) is 5.03. The number of hydrogen-bond donors (Lipinski definition) is 0. The van der Waals surface area contributed by atoms with Gasteiger partial charge in [0.25, 0.3) is 11.4 Å². The lowest BCUT2D eigenvalue weighted by Crippen LogP contribution is -2.12. The summed E-state index contributed by atoms with van der Waals surface area (Å²) < 4.78 is 0. The summed E-state index contributed by atoms with van der Waals surface area (Å²) in [5, 5.41) is 24.8. The van der Waals surface area contributed by atoms with Gasteiger partial charge in [-0.15, -0.1) is 0 Å². The molecule has 0 N–H and O–H groups in total. The van der Waals surface area contributed by atoms with Gasteiger partial charge < -0.3 is 10.4 Å². The topological polar surface area (TPSA) is 52.1 Å². The van der Waals surface area contributed by atoms with Crippen molar-refractivity contribution in [1.82, 2.24) is 0 Å². The highest BCUT2D eigenvalue weighted by molar-refractivity contribution is 5.47. The molecule has 0 amide bonds. The van der Waals surface area contributed by atoms with Gasteiger partial charge in [-0.2, -0.15) is 0 Å². The number of para-hydroxylation sites is 2. The Kier molecular flexibility index (Phi) is 3.74. The SMILES string of the molecule is Cc1cccc(C)c1/[N+]([O-])=[N+](/[O-])c1c(C)cccc1C. The van der Waals surface area contributed by atoms with Crippen LogP contribution >= 0.6 is 0 Å². The number of rotatable bonds is 2. The molecule has 0 saturated heterocycles. The van der Waals surface area contributed by atoms with E-state index in [0.29, 0.717) is 21.1 Å². The van der Waals surface area contributed by atoms with Gasteiger partial charge in [0.05, 0.1) is 9.72 Å². The summed E-state index contributed by atoms with van der Waals surface area (Å²) in [7, 11) is 0. The third kappa shape index (κ3) is 2.37. The molecule has 0 heterocycles. The second kappa shape index (κ2) is 5.33. The monoisotopic (exact) mass is 270 g/mol. The average Bonchev–Trinajstić information content (AvgIpc) is 2.37. The van der Waals surface area contributed by atoms with E-state index in [0.717, 1.165) is 22.3 Å². The Labute approximate surface area is 118 Å². The number of aryl methyl sites for hydroxylation is 4. The van der Waals surface area contributed by atoms with E-state index in [1.54, 1.807) is 0 Å². The number of benzene rings is 2. The Morgan fingerprint density at radius 1 is 0.600 bits per heavy atom. The third-order valence-corrected chi connectivity index (χ3v) is 3.43. The van der Waals surface area contributed by atoms with Crippen molar-refractivity contribution in [2.75, 3.05) is 0 Å². The van der Waals surface area contributed by atoms with Crippen LogP contribution in [0.1, 0.15) is 22.3 Å². The lowest BCUT2D eigenvalue weighted by atomic mass is 10.1. The van der Waals surface area contributed by atoms with Crippen LogP contribution in [0.3, 0.4) is 0 Å². The van der Waals surface area contributed by atoms with Crippen molar-refractivity contribution >= 4 is 11.4 Å². The normalized spacial score (nSPS) is 12.2. The minimum atomic E-state index is 0.408. The van der Waals surface area contributed by atoms with E-state index in [-0.39, 0.29) is 0 Å². The van der Waals surface area contributed by atoms with E-state index in [1.165, 1.54) is 0 Å². The molecule has 4 heteroatoms. The van der Waals surface area contributed by atoms with Gasteiger partial charge in [0.1, 0.15) is 0 Å². The molecule has 0 aromatic heterocycles. The molecule has 2 aromatic rings. The first-order valence-corrected chi connectivity index (χ1v) is 6.50. The van der Waals surface area contributed by atoms with Crippen molar-refractivity contribution in [3.63, 3.8) is 0 Å². The van der Waals surface area contributed by atoms with Crippen LogP contribution in [0.5, 0.6) is 0 Å². The molecule has 2 aromatic carbocycles. The van der Waals surface area contributed by atoms with E-state index in [4.69, 9.17) is 0 Å². The molecule has 0 unspecified atom stereocenters. The smallest absolute Gasteiger partial charge is 0.293 e. The molecular formula is C16H18N2O2. The van der Waals surface area contributed by atoms with Crippen molar-refractivity contribution in [2.24, 2.45) is 0 Å². The molecular weight excluding hydrogens is 252 g/mol. The van der Waals surface area contributed by atoms with Gasteiger partial charge in [0.15, 0.2) is 0 Å². The predicted octanol–water partition coefficient (Wildman–Crippen LogP) is 4.36. The highest BCUT2D eigenvalue weighted by atomic mass is 16.6. The van der Waals surface area contributed by atoms with Crippen LogP contribution in [0.15, 0.2) is 36.4 Å². The summed E-state index contributed by atoms with van der Waals surface area (Å²) in [6.07, 6.45) is 0. The van der Waals surface area contributed by atoms with E-state index < -0.39 is 0 Å². The second-order valence-corrected chi connectivity index (χ2v) is 5.03. The van der Waals surface area contributed by atoms with Gasteiger partial charge in [0, 0.05) is 22.3 Å². The maximum atomic E-state index is 12.4. The zero-order valence-corrected chi connectivity index (χ0v) is 12.2. The van der Waals surface area contributed by atoms with Gasteiger partial charge in [-0.3, -0.25) is 0 Å². The minimum absolute atomic E-state index is 0.408. The van der Waals surface area contributed by atoms with Crippen molar-refractivity contribution in [3.8, 4) is 0 Å². The molecule has 0 bridgehead atoms. The Morgan fingerprint density at radius 3 is 1.10 bits per heavy atom. The van der Waals surface area contributed by atoms with Crippen LogP contribution in [0.25, 0.3) is 0 Å². The molecule has 2 rings (SSSR count). The average molecular weight is 270 g/mol. The Hall–Kier alpha value is -2.36. The zero-order valence-electron chi connectivity index (χ0n) is 12.2. The maximum absolute atomic E-state index is 12.4. The van der Waals surface area contributed by atoms with Gasteiger partial charge in [0.2, 0.25) is 0 Å². The first kappa shape index (κ1) is 14.1. The van der Waals surface area contributed by atoms with Crippen molar-refractivity contribution in [1.29, 1.82) is 0 Å². The van der Waals surface area contributed by atoms with Crippen LogP contribution < -0.4 is 0 Å². The molecule has 0 aliphatic heterocycles. The summed E-state index contributed by atoms with van der Waals surface area (Å²) in [6.45, 7) is 7.30. The predicted molar refractivity (Wildman–Crippen MR) is 78.4 cm³/mol. The fourth-order valence-electron chi connectivity index (χ4n) is 2.40. The van der Waals surface area contributed by atoms with Crippen LogP contribution in [0, 0.1) is 38.1 Å². The van der Waals surface area contributed by atoms with Crippen molar-refractivity contribution in [3.05, 3.63) is 69.1 Å². The molecule has 0 saturated carbocycles. The molecule has 0 fully saturated rings. The molecule has 20 heavy (non-hydrogen) atoms. The summed E-state index contributed by atoms with van der Waals surface area (Å²) in [5.41, 5.74) is 3.95. The van der Waals surface area contributed by atoms with Gasteiger partial charge in [-0.1, -0.05) is 36.4 Å². The first-order valence-electron chi connectivity index (χ1n) is 6.50. The highest BCUT2D eigenvalue weighted by Crippen LogP contribution is 2.27. The Morgan fingerprint density at radius 2 is 0.850 bits per heavy atom. The number of nitrogens with zero attached hydrogens (tertiary/aromatic N) is 2. The van der Waals surface area contributed by atoms with Crippen molar-refractivity contribution in [2.45, 2.75) is 27.7 Å². The summed E-state index contributed by atoms with van der Waals surface area (Å²) in [4.78, 5) is 0.861. The summed E-state index contributed by atoms with van der Waals surface area (Å²) in [6, 6.07) is 11.0. The third-order valence-electron chi connectivity index (χ3n) is 3.43. The van der Waals surface area contributed by atoms with Crippen LogP contribution in [0.4, 0.5) is 11.4 Å². The molecule has 0 radical (unpaired) electrons. The van der Waals surface area contributed by atoms with Gasteiger partial charge in [-0.25, -0.2) is 0 Å². The minimum Gasteiger partial charge on any atom is -0.561 e. The van der Waals surface area contributed by atoms with Gasteiger partial charge >= 0.3 is 0 Å². The first-order chi connectivity index (χ1) is 9.43. The van der Waals surface area contributed by atoms with Crippen LogP contribution in [-0.4, -0.2) is 9.72 Å².